The first-order valence-electron chi connectivity index (χ1n) is 12.3. The highest BCUT2D eigenvalue weighted by Gasteiger charge is 2.23. The summed E-state index contributed by atoms with van der Waals surface area (Å²) in [5.41, 5.74) is 3.35. The van der Waals surface area contributed by atoms with Gasteiger partial charge in [0.2, 0.25) is 0 Å². The van der Waals surface area contributed by atoms with Gasteiger partial charge in [-0.15, -0.1) is 11.3 Å². The molecule has 2 N–H and O–H groups in total. The van der Waals surface area contributed by atoms with E-state index in [-0.39, 0.29) is 17.9 Å². The number of cyclic esters (lactones) is 1. The van der Waals surface area contributed by atoms with Gasteiger partial charge in [-0.1, -0.05) is 6.07 Å². The molecule has 2 fully saturated rings. The summed E-state index contributed by atoms with van der Waals surface area (Å²) in [7, 11) is 0. The van der Waals surface area contributed by atoms with Gasteiger partial charge < -0.3 is 29.7 Å². The van der Waals surface area contributed by atoms with Crippen molar-refractivity contribution in [1.82, 2.24) is 20.2 Å². The number of fused-ring (bicyclic) bond motifs is 1. The summed E-state index contributed by atoms with van der Waals surface area (Å²) >= 11 is 1.44. The van der Waals surface area contributed by atoms with Gasteiger partial charge in [-0.2, -0.15) is 0 Å². The van der Waals surface area contributed by atoms with Gasteiger partial charge in [0.15, 0.2) is 11.6 Å². The van der Waals surface area contributed by atoms with E-state index in [1.165, 1.54) is 17.4 Å². The van der Waals surface area contributed by atoms with E-state index in [4.69, 9.17) is 14.2 Å². The third-order valence-electron chi connectivity index (χ3n) is 6.39. The molecule has 0 spiro atoms. The number of carbonyl (C=O) groups excluding carboxylic acids is 2. The number of nitrogens with zero attached hydrogens (tertiary/aromatic N) is 3. The lowest BCUT2D eigenvalue weighted by molar-refractivity contribution is 0.000734. The van der Waals surface area contributed by atoms with Crippen LogP contribution in [0.25, 0.3) is 20.8 Å². The third kappa shape index (κ3) is 5.33. The zero-order valence-corrected chi connectivity index (χ0v) is 21.7. The van der Waals surface area contributed by atoms with Crippen LogP contribution in [0.2, 0.25) is 0 Å². The van der Waals surface area contributed by atoms with E-state index in [1.54, 1.807) is 36.4 Å². The van der Waals surface area contributed by atoms with E-state index in [0.717, 1.165) is 20.8 Å². The van der Waals surface area contributed by atoms with Crippen molar-refractivity contribution in [2.24, 2.45) is 0 Å². The molecular formula is C27H24FN5O5S. The molecule has 0 bridgehead atoms. The SMILES string of the molecule is Cc1cc(Oc2ccnc3cc(-c4ccc(CN5CCOC5=O)cn4)sc23)c(F)cc1NC(=O)NC1COC1. The minimum atomic E-state index is -0.608. The Morgan fingerprint density at radius 2 is 2.08 bits per heavy atom. The average Bonchev–Trinajstić information content (AvgIpc) is 3.52. The summed E-state index contributed by atoms with van der Waals surface area (Å²) in [5.74, 6) is -0.109. The standard InChI is InChI=1S/C27H24FN5O5S/c1-15-8-23(18(28)9-20(15)32-26(34)31-17-13-36-14-17)38-22-4-5-29-21-10-24(39-25(21)22)19-3-2-16(11-30-19)12-33-6-7-37-27(33)35/h2-5,8-11,17H,6-7,12-14H2,1H3,(H2,31,32,34). The number of anilines is 1. The van der Waals surface area contributed by atoms with Crippen LogP contribution in [0.3, 0.4) is 0 Å². The van der Waals surface area contributed by atoms with Crippen molar-refractivity contribution in [2.45, 2.75) is 19.5 Å². The van der Waals surface area contributed by atoms with Crippen molar-refractivity contribution < 1.29 is 28.2 Å². The van der Waals surface area contributed by atoms with E-state index >= 15 is 4.39 Å². The van der Waals surface area contributed by atoms with Gasteiger partial charge in [0, 0.05) is 30.2 Å². The smallest absolute Gasteiger partial charge is 0.410 e. The lowest BCUT2D eigenvalue weighted by Gasteiger charge is -2.27. The predicted molar refractivity (Wildman–Crippen MR) is 143 cm³/mol. The third-order valence-corrected chi connectivity index (χ3v) is 7.55. The molecule has 2 saturated heterocycles. The average molecular weight is 550 g/mol. The lowest BCUT2D eigenvalue weighted by Crippen LogP contribution is -2.50. The number of urea groups is 1. The van der Waals surface area contributed by atoms with Crippen molar-refractivity contribution in [3.63, 3.8) is 0 Å². The Morgan fingerprint density at radius 3 is 2.79 bits per heavy atom. The van der Waals surface area contributed by atoms with Gasteiger partial charge in [-0.05, 0) is 36.2 Å². The van der Waals surface area contributed by atoms with E-state index in [0.29, 0.717) is 55.4 Å². The maximum absolute atomic E-state index is 15.0. The van der Waals surface area contributed by atoms with Gasteiger partial charge in [-0.3, -0.25) is 9.97 Å². The summed E-state index contributed by atoms with van der Waals surface area (Å²) in [5, 5.41) is 5.44. The van der Waals surface area contributed by atoms with E-state index in [9.17, 15) is 9.59 Å². The summed E-state index contributed by atoms with van der Waals surface area (Å²) in [6.45, 7) is 4.12. The molecule has 3 aromatic heterocycles. The molecular weight excluding hydrogens is 525 g/mol. The summed E-state index contributed by atoms with van der Waals surface area (Å²) < 4.78 is 31.8. The molecule has 200 valence electrons. The molecule has 10 nitrogen and oxygen atoms in total. The van der Waals surface area contributed by atoms with Crippen LogP contribution in [0.5, 0.6) is 11.5 Å². The molecule has 5 heterocycles. The highest BCUT2D eigenvalue weighted by molar-refractivity contribution is 7.22. The first-order valence-corrected chi connectivity index (χ1v) is 13.1. The largest absolute Gasteiger partial charge is 0.453 e. The van der Waals surface area contributed by atoms with Crippen molar-refractivity contribution in [3.8, 4) is 22.1 Å². The number of pyridine rings is 2. The van der Waals surface area contributed by atoms with E-state index in [1.807, 2.05) is 18.2 Å². The highest BCUT2D eigenvalue weighted by Crippen LogP contribution is 2.39. The van der Waals surface area contributed by atoms with Gasteiger partial charge in [0.05, 0.1) is 53.1 Å². The minimum absolute atomic E-state index is 0.0358. The number of benzene rings is 1. The number of halogens is 1. The number of ether oxygens (including phenoxy) is 3. The fourth-order valence-corrected chi connectivity index (χ4v) is 5.27. The van der Waals surface area contributed by atoms with Crippen LogP contribution < -0.4 is 15.4 Å². The predicted octanol–water partition coefficient (Wildman–Crippen LogP) is 5.07. The summed E-state index contributed by atoms with van der Waals surface area (Å²) in [6, 6.07) is 9.76. The normalized spacial score (nSPS) is 15.2. The number of rotatable bonds is 7. The molecule has 0 aliphatic carbocycles. The number of aromatic nitrogens is 2. The Hall–Kier alpha value is -4.29. The molecule has 6 rings (SSSR count). The Kier molecular flexibility index (Phi) is 6.71. The second-order valence-electron chi connectivity index (χ2n) is 9.25. The molecule has 1 aromatic carbocycles. The van der Waals surface area contributed by atoms with E-state index in [2.05, 4.69) is 20.6 Å². The molecule has 2 aliphatic rings. The molecule has 39 heavy (non-hydrogen) atoms. The van der Waals surface area contributed by atoms with Crippen LogP contribution >= 0.6 is 11.3 Å². The fraction of sp³-hybridized carbons (Fsp3) is 0.259. The molecule has 4 aromatic rings. The Balaban J connectivity index is 1.19. The quantitative estimate of drug-likeness (QED) is 0.331. The van der Waals surface area contributed by atoms with Crippen molar-refractivity contribution >= 4 is 39.4 Å². The monoisotopic (exact) mass is 549 g/mol. The summed E-state index contributed by atoms with van der Waals surface area (Å²) in [4.78, 5) is 35.4. The Bertz CT molecular complexity index is 1560. The van der Waals surface area contributed by atoms with Gasteiger partial charge in [0.25, 0.3) is 0 Å². The van der Waals surface area contributed by atoms with Crippen molar-refractivity contribution in [2.75, 3.05) is 31.7 Å². The van der Waals surface area contributed by atoms with Crippen LogP contribution in [-0.4, -0.2) is 59.4 Å². The second-order valence-corrected chi connectivity index (χ2v) is 10.3. The van der Waals surface area contributed by atoms with Crippen LogP contribution in [0, 0.1) is 12.7 Å². The molecule has 2 aliphatic heterocycles. The van der Waals surface area contributed by atoms with Crippen LogP contribution in [-0.2, 0) is 16.0 Å². The fourth-order valence-electron chi connectivity index (χ4n) is 4.22. The highest BCUT2D eigenvalue weighted by atomic mass is 32.1. The van der Waals surface area contributed by atoms with Gasteiger partial charge >= 0.3 is 12.1 Å². The molecule has 3 amide bonds. The topological polar surface area (TPSA) is 115 Å². The van der Waals surface area contributed by atoms with Crippen molar-refractivity contribution in [1.29, 1.82) is 0 Å². The van der Waals surface area contributed by atoms with Gasteiger partial charge in [-0.25, -0.2) is 14.0 Å². The number of thiophene rings is 1. The second kappa shape index (κ2) is 10.5. The molecule has 0 unspecified atom stereocenters. The van der Waals surface area contributed by atoms with Crippen molar-refractivity contribution in [3.05, 3.63) is 65.7 Å². The number of amides is 3. The number of hydrogen-bond acceptors (Lipinski definition) is 8. The van der Waals surface area contributed by atoms with Crippen LogP contribution in [0.1, 0.15) is 11.1 Å². The Morgan fingerprint density at radius 1 is 1.21 bits per heavy atom. The number of aryl methyl sites for hydroxylation is 1. The zero-order valence-electron chi connectivity index (χ0n) is 20.9. The van der Waals surface area contributed by atoms with Crippen LogP contribution in [0.4, 0.5) is 19.7 Å². The number of nitrogens with one attached hydrogen (secondary N) is 2. The van der Waals surface area contributed by atoms with E-state index < -0.39 is 11.8 Å². The van der Waals surface area contributed by atoms with Crippen LogP contribution in [0.15, 0.2) is 48.8 Å². The zero-order chi connectivity index (χ0) is 26.9. The molecule has 0 atom stereocenters. The lowest BCUT2D eigenvalue weighted by atomic mass is 10.2. The molecule has 0 saturated carbocycles. The molecule has 0 radical (unpaired) electrons. The maximum Gasteiger partial charge on any atom is 0.410 e. The first kappa shape index (κ1) is 25.0. The first-order chi connectivity index (χ1) is 18.9. The Labute approximate surface area is 226 Å². The minimum Gasteiger partial charge on any atom is -0.453 e. The number of hydrogen-bond donors (Lipinski definition) is 2. The number of carbonyl (C=O) groups is 2. The van der Waals surface area contributed by atoms with Gasteiger partial charge in [0.1, 0.15) is 12.4 Å². The summed E-state index contributed by atoms with van der Waals surface area (Å²) in [6.07, 6.45) is 3.03. The maximum atomic E-state index is 15.0. The molecule has 12 heteroatoms.